The first-order chi connectivity index (χ1) is 15.7. The third-order valence-electron chi connectivity index (χ3n) is 6.63. The highest BCUT2D eigenvalue weighted by atomic mass is 32.2. The standard InChI is InChI=1S/C24H36N2O6S/c1-5-32-24(28)18-10-13-25(14-11-18)23(27)20-7-6-12-26(16-20)33(29,30)22-15-19(17(2)3)8-9-21(22)31-4/h8-9,15,17-18,20H,5-7,10-14,16H2,1-4H3/t20-/m0/s1. The van der Waals surface area contributed by atoms with Gasteiger partial charge in [-0.2, -0.15) is 4.31 Å². The molecule has 1 aromatic carbocycles. The number of likely N-dealkylation sites (tertiary alicyclic amines) is 1. The number of methoxy groups -OCH3 is 1. The van der Waals surface area contributed by atoms with Gasteiger partial charge in [-0.3, -0.25) is 9.59 Å². The van der Waals surface area contributed by atoms with Gasteiger partial charge in [0.05, 0.1) is 25.6 Å². The van der Waals surface area contributed by atoms with Crippen LogP contribution in [0.4, 0.5) is 0 Å². The van der Waals surface area contributed by atoms with Crippen molar-refractivity contribution in [3.05, 3.63) is 23.8 Å². The predicted octanol–water partition coefficient (Wildman–Crippen LogP) is 3.02. The normalized spacial score (nSPS) is 20.6. The van der Waals surface area contributed by atoms with Crippen LogP contribution in [-0.2, 0) is 24.3 Å². The largest absolute Gasteiger partial charge is 0.495 e. The smallest absolute Gasteiger partial charge is 0.309 e. The number of amides is 1. The molecule has 9 heteroatoms. The Hall–Kier alpha value is -2.13. The number of nitrogens with zero attached hydrogens (tertiary/aromatic N) is 2. The van der Waals surface area contributed by atoms with Gasteiger partial charge < -0.3 is 14.4 Å². The van der Waals surface area contributed by atoms with Crippen molar-refractivity contribution < 1.29 is 27.5 Å². The van der Waals surface area contributed by atoms with E-state index in [2.05, 4.69) is 0 Å². The van der Waals surface area contributed by atoms with E-state index >= 15 is 0 Å². The molecular formula is C24H36N2O6S. The number of carbonyl (C=O) groups is 2. The third kappa shape index (κ3) is 5.69. The molecule has 0 saturated carbocycles. The number of hydrogen-bond donors (Lipinski definition) is 0. The Morgan fingerprint density at radius 3 is 2.39 bits per heavy atom. The highest BCUT2D eigenvalue weighted by Gasteiger charge is 2.38. The van der Waals surface area contributed by atoms with Gasteiger partial charge in [-0.15, -0.1) is 0 Å². The Bertz CT molecular complexity index is 954. The van der Waals surface area contributed by atoms with Gasteiger partial charge in [-0.05, 0) is 56.2 Å². The van der Waals surface area contributed by atoms with Crippen LogP contribution in [0, 0.1) is 11.8 Å². The lowest BCUT2D eigenvalue weighted by Crippen LogP contribution is -2.49. The van der Waals surface area contributed by atoms with Crippen molar-refractivity contribution in [2.75, 3.05) is 39.9 Å². The van der Waals surface area contributed by atoms with Gasteiger partial charge in [-0.25, -0.2) is 8.42 Å². The molecule has 0 N–H and O–H groups in total. The Balaban J connectivity index is 1.71. The maximum Gasteiger partial charge on any atom is 0.309 e. The number of ether oxygens (including phenoxy) is 2. The summed E-state index contributed by atoms with van der Waals surface area (Å²) in [4.78, 5) is 27.1. The summed E-state index contributed by atoms with van der Waals surface area (Å²) in [5.41, 5.74) is 0.920. The highest BCUT2D eigenvalue weighted by Crippen LogP contribution is 2.33. The molecule has 2 fully saturated rings. The van der Waals surface area contributed by atoms with Gasteiger partial charge in [-0.1, -0.05) is 19.9 Å². The van der Waals surface area contributed by atoms with E-state index in [0.717, 1.165) is 5.56 Å². The van der Waals surface area contributed by atoms with Gasteiger partial charge in [0.1, 0.15) is 10.6 Å². The molecule has 0 unspecified atom stereocenters. The summed E-state index contributed by atoms with van der Waals surface area (Å²) in [6.45, 7) is 7.70. The maximum atomic E-state index is 13.5. The first-order valence-corrected chi connectivity index (χ1v) is 13.3. The molecule has 184 valence electrons. The van der Waals surface area contributed by atoms with Crippen LogP contribution in [0.2, 0.25) is 0 Å². The monoisotopic (exact) mass is 480 g/mol. The molecule has 2 saturated heterocycles. The fourth-order valence-corrected chi connectivity index (χ4v) is 6.32. The van der Waals surface area contributed by atoms with Crippen molar-refractivity contribution in [3.63, 3.8) is 0 Å². The average molecular weight is 481 g/mol. The highest BCUT2D eigenvalue weighted by molar-refractivity contribution is 7.89. The van der Waals surface area contributed by atoms with E-state index in [1.54, 1.807) is 24.0 Å². The minimum Gasteiger partial charge on any atom is -0.495 e. The quantitative estimate of drug-likeness (QED) is 0.557. The molecule has 1 aromatic rings. The molecule has 2 aliphatic heterocycles. The summed E-state index contributed by atoms with van der Waals surface area (Å²) >= 11 is 0. The summed E-state index contributed by atoms with van der Waals surface area (Å²) in [6, 6.07) is 5.26. The Kier molecular flexibility index (Phi) is 8.39. The van der Waals surface area contributed by atoms with E-state index < -0.39 is 10.0 Å². The molecule has 0 radical (unpaired) electrons. The third-order valence-corrected chi connectivity index (χ3v) is 8.52. The lowest BCUT2D eigenvalue weighted by Gasteiger charge is -2.37. The van der Waals surface area contributed by atoms with E-state index in [0.29, 0.717) is 57.7 Å². The van der Waals surface area contributed by atoms with Crippen LogP contribution in [0.15, 0.2) is 23.1 Å². The summed E-state index contributed by atoms with van der Waals surface area (Å²) in [6.07, 6.45) is 2.45. The lowest BCUT2D eigenvalue weighted by molar-refractivity contribution is -0.152. The molecule has 0 bridgehead atoms. The SMILES string of the molecule is CCOC(=O)C1CCN(C(=O)[C@H]2CCCN(S(=O)(=O)c3cc(C(C)C)ccc3OC)C2)CC1. The van der Waals surface area contributed by atoms with Gasteiger partial charge in [0.2, 0.25) is 15.9 Å². The van der Waals surface area contributed by atoms with Crippen LogP contribution >= 0.6 is 0 Å². The molecule has 33 heavy (non-hydrogen) atoms. The Morgan fingerprint density at radius 1 is 1.09 bits per heavy atom. The van der Waals surface area contributed by atoms with Gasteiger partial charge in [0.25, 0.3) is 0 Å². The fraction of sp³-hybridized carbons (Fsp3) is 0.667. The van der Waals surface area contributed by atoms with Crippen LogP contribution in [0.5, 0.6) is 5.75 Å². The Morgan fingerprint density at radius 2 is 1.79 bits per heavy atom. The van der Waals surface area contributed by atoms with E-state index in [1.807, 2.05) is 19.9 Å². The first kappa shape index (κ1) is 25.5. The van der Waals surface area contributed by atoms with Crippen LogP contribution < -0.4 is 4.74 Å². The van der Waals surface area contributed by atoms with E-state index in [9.17, 15) is 18.0 Å². The zero-order valence-corrected chi connectivity index (χ0v) is 20.9. The van der Waals surface area contributed by atoms with Crippen molar-refractivity contribution in [2.45, 2.75) is 57.3 Å². The van der Waals surface area contributed by atoms with Crippen molar-refractivity contribution in [2.24, 2.45) is 11.8 Å². The fourth-order valence-electron chi connectivity index (χ4n) is 4.61. The van der Waals surface area contributed by atoms with Gasteiger partial charge in [0, 0.05) is 26.2 Å². The molecule has 0 aliphatic carbocycles. The number of sulfonamides is 1. The van der Waals surface area contributed by atoms with Crippen molar-refractivity contribution in [1.29, 1.82) is 0 Å². The van der Waals surface area contributed by atoms with Crippen molar-refractivity contribution in [1.82, 2.24) is 9.21 Å². The zero-order chi connectivity index (χ0) is 24.2. The van der Waals surface area contributed by atoms with E-state index in [-0.39, 0.29) is 41.1 Å². The number of hydrogen-bond acceptors (Lipinski definition) is 6. The van der Waals surface area contributed by atoms with Crippen LogP contribution in [-0.4, -0.2) is 69.4 Å². The van der Waals surface area contributed by atoms with Crippen LogP contribution in [0.1, 0.15) is 57.9 Å². The molecule has 0 aromatic heterocycles. The minimum absolute atomic E-state index is 0.0277. The summed E-state index contributed by atoms with van der Waals surface area (Å²) < 4.78 is 39.0. The number of esters is 1. The topological polar surface area (TPSA) is 93.2 Å². The molecular weight excluding hydrogens is 444 g/mol. The van der Waals surface area contributed by atoms with Crippen molar-refractivity contribution in [3.8, 4) is 5.75 Å². The summed E-state index contributed by atoms with van der Waals surface area (Å²) in [7, 11) is -2.34. The molecule has 8 nitrogen and oxygen atoms in total. The molecule has 1 atom stereocenters. The zero-order valence-electron chi connectivity index (χ0n) is 20.1. The summed E-state index contributed by atoms with van der Waals surface area (Å²) in [5.74, 6) is -0.283. The van der Waals surface area contributed by atoms with Gasteiger partial charge >= 0.3 is 5.97 Å². The molecule has 2 aliphatic rings. The molecule has 1 amide bonds. The van der Waals surface area contributed by atoms with Crippen LogP contribution in [0.25, 0.3) is 0 Å². The number of piperidine rings is 2. The second-order valence-corrected chi connectivity index (χ2v) is 11.0. The average Bonchev–Trinajstić information content (AvgIpc) is 2.83. The van der Waals surface area contributed by atoms with Crippen molar-refractivity contribution >= 4 is 21.9 Å². The van der Waals surface area contributed by atoms with E-state index in [1.165, 1.54) is 11.4 Å². The van der Waals surface area contributed by atoms with Crippen LogP contribution in [0.3, 0.4) is 0 Å². The molecule has 3 rings (SSSR count). The number of benzene rings is 1. The minimum atomic E-state index is -3.81. The van der Waals surface area contributed by atoms with Gasteiger partial charge in [0.15, 0.2) is 0 Å². The number of rotatable bonds is 7. The Labute approximate surface area is 197 Å². The second kappa shape index (κ2) is 10.9. The predicted molar refractivity (Wildman–Crippen MR) is 125 cm³/mol. The number of carbonyl (C=O) groups excluding carboxylic acids is 2. The second-order valence-electron chi connectivity index (χ2n) is 9.12. The van der Waals surface area contributed by atoms with E-state index in [4.69, 9.17) is 9.47 Å². The molecule has 2 heterocycles. The first-order valence-electron chi connectivity index (χ1n) is 11.8. The maximum absolute atomic E-state index is 13.5. The summed E-state index contributed by atoms with van der Waals surface area (Å²) in [5, 5.41) is 0. The molecule has 0 spiro atoms. The lowest BCUT2D eigenvalue weighted by atomic mass is 9.93.